The van der Waals surface area contributed by atoms with Crippen LogP contribution in [0.15, 0.2) is 28.5 Å². The molecular formula is C19H22N6O3S2. The van der Waals surface area contributed by atoms with Gasteiger partial charge in [0.1, 0.15) is 6.33 Å². The first kappa shape index (κ1) is 20.8. The number of rotatable bonds is 7. The number of carbonyl (C=O) groups excluding carboxylic acids is 1. The van der Waals surface area contributed by atoms with Gasteiger partial charge < -0.3 is 10.3 Å². The van der Waals surface area contributed by atoms with Gasteiger partial charge in [0, 0.05) is 30.0 Å². The molecule has 9 nitrogen and oxygen atoms in total. The van der Waals surface area contributed by atoms with Crippen molar-refractivity contribution in [3.05, 3.63) is 35.2 Å². The molecule has 0 aliphatic heterocycles. The van der Waals surface area contributed by atoms with Crippen molar-refractivity contribution >= 4 is 44.6 Å². The van der Waals surface area contributed by atoms with Gasteiger partial charge >= 0.3 is 0 Å². The topological polar surface area (TPSA) is 133 Å². The third-order valence-corrected chi connectivity index (χ3v) is 6.84. The fourth-order valence-electron chi connectivity index (χ4n) is 3.55. The number of nitrogen functional groups attached to an aromatic ring is 1. The van der Waals surface area contributed by atoms with Gasteiger partial charge in [-0.2, -0.15) is 0 Å². The van der Waals surface area contributed by atoms with E-state index < -0.39 is 10.0 Å². The Hall–Kier alpha value is -2.50. The Morgan fingerprint density at radius 3 is 2.80 bits per heavy atom. The number of Topliss-reactive ketones (excluding diaryl/α,β-unsaturated/α-hetero) is 1. The second-order valence-corrected chi connectivity index (χ2v) is 9.98. The van der Waals surface area contributed by atoms with Gasteiger partial charge in [-0.15, -0.1) is 0 Å². The molecule has 1 aliphatic carbocycles. The summed E-state index contributed by atoms with van der Waals surface area (Å²) in [6.45, 7) is 2.59. The SMILES string of the molecule is CCc1cc2c(cc1Sc1nc3c(N)ncnc3n1CCNS(C)(=O)=O)C(=O)CC2. The number of anilines is 1. The summed E-state index contributed by atoms with van der Waals surface area (Å²) in [4.78, 5) is 26.1. The molecule has 0 fully saturated rings. The van der Waals surface area contributed by atoms with Crippen molar-refractivity contribution in [1.29, 1.82) is 0 Å². The lowest BCUT2D eigenvalue weighted by molar-refractivity contribution is 0.0994. The monoisotopic (exact) mass is 446 g/mol. The van der Waals surface area contributed by atoms with Crippen molar-refractivity contribution < 1.29 is 13.2 Å². The third-order valence-electron chi connectivity index (χ3n) is 5.02. The standard InChI is InChI=1S/C19H22N6O3S2/c1-3-11-8-12-4-5-14(26)13(12)9-15(11)29-19-24-16-17(20)21-10-22-18(16)25(19)7-6-23-30(2,27)28/h8-10,23H,3-7H2,1-2H3,(H2,20,21,22). The van der Waals surface area contributed by atoms with Crippen molar-refractivity contribution in [3.63, 3.8) is 0 Å². The molecule has 2 aromatic heterocycles. The fourth-order valence-corrected chi connectivity index (χ4v) is 5.15. The number of fused-ring (bicyclic) bond motifs is 2. The van der Waals surface area contributed by atoms with Gasteiger partial charge in [-0.25, -0.2) is 28.1 Å². The minimum atomic E-state index is -3.32. The molecule has 3 N–H and O–H groups in total. The summed E-state index contributed by atoms with van der Waals surface area (Å²) in [6.07, 6.45) is 4.63. The Bertz CT molecular complexity index is 1250. The van der Waals surface area contributed by atoms with Crippen molar-refractivity contribution in [2.45, 2.75) is 42.8 Å². The Labute approximate surface area is 178 Å². The molecule has 0 unspecified atom stereocenters. The van der Waals surface area contributed by atoms with Crippen LogP contribution in [0.1, 0.15) is 34.8 Å². The Morgan fingerprint density at radius 2 is 2.07 bits per heavy atom. The van der Waals surface area contributed by atoms with Gasteiger partial charge in [0.25, 0.3) is 0 Å². The van der Waals surface area contributed by atoms with Gasteiger partial charge in [0.2, 0.25) is 10.0 Å². The molecule has 3 aromatic rings. The van der Waals surface area contributed by atoms with Gasteiger partial charge in [-0.1, -0.05) is 24.8 Å². The predicted octanol–water partition coefficient (Wildman–Crippen LogP) is 1.80. The number of hydrogen-bond acceptors (Lipinski definition) is 8. The summed E-state index contributed by atoms with van der Waals surface area (Å²) < 4.78 is 27.2. The molecule has 30 heavy (non-hydrogen) atoms. The summed E-state index contributed by atoms with van der Waals surface area (Å²) in [5.41, 5.74) is 10.0. The maximum atomic E-state index is 12.2. The molecular weight excluding hydrogens is 424 g/mol. The van der Waals surface area contributed by atoms with Gasteiger partial charge in [0.05, 0.1) is 6.26 Å². The quantitative estimate of drug-likeness (QED) is 0.561. The third kappa shape index (κ3) is 4.05. The second-order valence-electron chi connectivity index (χ2n) is 7.14. The number of imidazole rings is 1. The van der Waals surface area contributed by atoms with E-state index in [1.807, 2.05) is 10.6 Å². The highest BCUT2D eigenvalue weighted by atomic mass is 32.2. The van der Waals surface area contributed by atoms with Crippen molar-refractivity contribution in [2.24, 2.45) is 0 Å². The number of hydrogen-bond donors (Lipinski definition) is 2. The maximum absolute atomic E-state index is 12.2. The molecule has 4 rings (SSSR count). The molecule has 11 heteroatoms. The molecule has 0 amide bonds. The molecule has 0 saturated carbocycles. The zero-order valence-electron chi connectivity index (χ0n) is 16.7. The van der Waals surface area contributed by atoms with Crippen LogP contribution in [0.2, 0.25) is 0 Å². The van der Waals surface area contributed by atoms with E-state index in [9.17, 15) is 13.2 Å². The average Bonchev–Trinajstić information content (AvgIpc) is 3.22. The summed E-state index contributed by atoms with van der Waals surface area (Å²) in [7, 11) is -3.32. The van der Waals surface area contributed by atoms with Crippen LogP contribution >= 0.6 is 11.8 Å². The normalized spacial score (nSPS) is 13.9. The van der Waals surface area contributed by atoms with E-state index in [1.54, 1.807) is 0 Å². The Morgan fingerprint density at radius 1 is 1.27 bits per heavy atom. The van der Waals surface area contributed by atoms with E-state index >= 15 is 0 Å². The summed E-state index contributed by atoms with van der Waals surface area (Å²) in [5, 5.41) is 0.618. The molecule has 158 valence electrons. The number of nitrogens with one attached hydrogen (secondary N) is 1. The van der Waals surface area contributed by atoms with E-state index in [-0.39, 0.29) is 18.1 Å². The second kappa shape index (κ2) is 7.97. The largest absolute Gasteiger partial charge is 0.382 e. The predicted molar refractivity (Wildman–Crippen MR) is 115 cm³/mol. The summed E-state index contributed by atoms with van der Waals surface area (Å²) in [5.74, 6) is 0.423. The number of carbonyl (C=O) groups is 1. The Kier molecular flexibility index (Phi) is 5.51. The first-order valence-corrected chi connectivity index (χ1v) is 12.3. The first-order chi connectivity index (χ1) is 14.3. The van der Waals surface area contributed by atoms with E-state index in [1.165, 1.54) is 18.1 Å². The van der Waals surface area contributed by atoms with E-state index in [2.05, 4.69) is 32.7 Å². The lowest BCUT2D eigenvalue weighted by Gasteiger charge is -2.12. The highest BCUT2D eigenvalue weighted by molar-refractivity contribution is 7.99. The molecule has 0 spiro atoms. The van der Waals surface area contributed by atoms with E-state index in [4.69, 9.17) is 5.73 Å². The Balaban J connectivity index is 1.75. The lowest BCUT2D eigenvalue weighted by atomic mass is 10.0. The molecule has 0 saturated heterocycles. The summed E-state index contributed by atoms with van der Waals surface area (Å²) in [6, 6.07) is 4.05. The number of nitrogens with zero attached hydrogens (tertiary/aromatic N) is 4. The van der Waals surface area contributed by atoms with Crippen LogP contribution in [0.4, 0.5) is 5.82 Å². The maximum Gasteiger partial charge on any atom is 0.208 e. The van der Waals surface area contributed by atoms with Crippen LogP contribution in [0.25, 0.3) is 11.2 Å². The minimum Gasteiger partial charge on any atom is -0.382 e. The van der Waals surface area contributed by atoms with Crippen LogP contribution in [0.3, 0.4) is 0 Å². The minimum absolute atomic E-state index is 0.162. The average molecular weight is 447 g/mol. The number of ketones is 1. The van der Waals surface area contributed by atoms with Crippen molar-refractivity contribution in [3.8, 4) is 0 Å². The lowest BCUT2D eigenvalue weighted by Crippen LogP contribution is -2.26. The molecule has 0 radical (unpaired) electrons. The van der Waals surface area contributed by atoms with E-state index in [0.717, 1.165) is 40.7 Å². The number of aromatic nitrogens is 4. The van der Waals surface area contributed by atoms with Crippen molar-refractivity contribution in [2.75, 3.05) is 18.5 Å². The van der Waals surface area contributed by atoms with Gasteiger partial charge in [0.15, 0.2) is 27.9 Å². The summed E-state index contributed by atoms with van der Waals surface area (Å²) >= 11 is 1.42. The molecule has 0 bridgehead atoms. The zero-order valence-corrected chi connectivity index (χ0v) is 18.3. The molecule has 1 aliphatic rings. The molecule has 2 heterocycles. The number of benzene rings is 1. The first-order valence-electron chi connectivity index (χ1n) is 9.55. The highest BCUT2D eigenvalue weighted by Gasteiger charge is 2.23. The van der Waals surface area contributed by atoms with Crippen molar-refractivity contribution in [1.82, 2.24) is 24.2 Å². The fraction of sp³-hybridized carbons (Fsp3) is 0.368. The van der Waals surface area contributed by atoms with Crippen LogP contribution in [0.5, 0.6) is 0 Å². The van der Waals surface area contributed by atoms with Gasteiger partial charge in [-0.05, 0) is 30.0 Å². The zero-order chi connectivity index (χ0) is 21.5. The molecule has 1 aromatic carbocycles. The number of nitrogens with two attached hydrogens (primary N) is 1. The van der Waals surface area contributed by atoms with E-state index in [0.29, 0.717) is 29.3 Å². The molecule has 0 atom stereocenters. The smallest absolute Gasteiger partial charge is 0.208 e. The van der Waals surface area contributed by atoms with Crippen LogP contribution < -0.4 is 10.5 Å². The van der Waals surface area contributed by atoms with Crippen LogP contribution in [0, 0.1) is 0 Å². The van der Waals surface area contributed by atoms with Crippen LogP contribution in [-0.2, 0) is 29.4 Å². The van der Waals surface area contributed by atoms with Crippen LogP contribution in [-0.4, -0.2) is 46.5 Å². The number of sulfonamides is 1. The highest BCUT2D eigenvalue weighted by Crippen LogP contribution is 2.36. The van der Waals surface area contributed by atoms with Gasteiger partial charge in [-0.3, -0.25) is 4.79 Å². The number of aryl methyl sites for hydroxylation is 2.